The van der Waals surface area contributed by atoms with Gasteiger partial charge in [-0.2, -0.15) is 0 Å². The zero-order valence-corrected chi connectivity index (χ0v) is 18.4. The molecule has 5 heteroatoms. The van der Waals surface area contributed by atoms with Crippen LogP contribution in [0.4, 0.5) is 0 Å². The highest BCUT2D eigenvalue weighted by molar-refractivity contribution is 5.96. The lowest BCUT2D eigenvalue weighted by atomic mass is 9.98. The summed E-state index contributed by atoms with van der Waals surface area (Å²) in [6.45, 7) is 3.62. The fraction of sp³-hybridized carbons (Fsp3) is 0.107. The molecule has 5 nitrogen and oxygen atoms in total. The Labute approximate surface area is 192 Å². The van der Waals surface area contributed by atoms with Gasteiger partial charge in [0.1, 0.15) is 23.0 Å². The van der Waals surface area contributed by atoms with Gasteiger partial charge >= 0.3 is 5.97 Å². The fourth-order valence-corrected chi connectivity index (χ4v) is 3.77. The van der Waals surface area contributed by atoms with Gasteiger partial charge in [-0.3, -0.25) is 4.79 Å². The Bertz CT molecular complexity index is 1310. The average Bonchev–Trinajstić information content (AvgIpc) is 2.85. The van der Waals surface area contributed by atoms with Gasteiger partial charge in [0, 0.05) is 10.9 Å². The van der Waals surface area contributed by atoms with Crippen LogP contribution in [0.2, 0.25) is 0 Å². The van der Waals surface area contributed by atoms with E-state index in [1.807, 2.05) is 54.6 Å². The Hall–Kier alpha value is -4.25. The Morgan fingerprint density at radius 2 is 1.58 bits per heavy atom. The molecule has 1 N–H and O–H groups in total. The minimum atomic E-state index is -0.943. The van der Waals surface area contributed by atoms with E-state index in [2.05, 4.69) is 6.58 Å². The minimum absolute atomic E-state index is 0.597. The zero-order valence-electron chi connectivity index (χ0n) is 18.4. The lowest BCUT2D eigenvalue weighted by Gasteiger charge is -2.16. The van der Waals surface area contributed by atoms with Crippen molar-refractivity contribution in [3.05, 3.63) is 97.1 Å². The number of hydrogen-bond acceptors (Lipinski definition) is 4. The molecule has 0 saturated heterocycles. The standard InChI is InChI=1S/C28H24O5/c1-4-24(28(29)30)18-8-11-21(12-9-18)33-27-25(19-6-5-7-22(16-19)31-2)14-10-20-17-23(32-3)13-15-26(20)27/h4-17,24H,1H2,2-3H3,(H,29,30). The van der Waals surface area contributed by atoms with Crippen LogP contribution in [0.3, 0.4) is 0 Å². The van der Waals surface area contributed by atoms with E-state index in [-0.39, 0.29) is 0 Å². The van der Waals surface area contributed by atoms with E-state index in [1.54, 1.807) is 38.5 Å². The first kappa shape index (κ1) is 22.0. The summed E-state index contributed by atoms with van der Waals surface area (Å²) in [6, 6.07) is 24.7. The molecule has 4 aromatic rings. The van der Waals surface area contributed by atoms with E-state index in [0.29, 0.717) is 17.1 Å². The van der Waals surface area contributed by atoms with Crippen molar-refractivity contribution in [1.82, 2.24) is 0 Å². The van der Waals surface area contributed by atoms with Gasteiger partial charge in [-0.15, -0.1) is 6.58 Å². The molecule has 33 heavy (non-hydrogen) atoms. The lowest BCUT2D eigenvalue weighted by Crippen LogP contribution is -2.08. The molecule has 0 saturated carbocycles. The molecular weight excluding hydrogens is 416 g/mol. The number of methoxy groups -OCH3 is 2. The van der Waals surface area contributed by atoms with Crippen LogP contribution in [0.1, 0.15) is 11.5 Å². The number of fused-ring (bicyclic) bond motifs is 1. The summed E-state index contributed by atoms with van der Waals surface area (Å²) in [5.41, 5.74) is 2.50. The largest absolute Gasteiger partial charge is 0.497 e. The van der Waals surface area contributed by atoms with Gasteiger partial charge in [-0.05, 0) is 65.0 Å². The van der Waals surface area contributed by atoms with Crippen molar-refractivity contribution in [2.75, 3.05) is 14.2 Å². The molecule has 0 bridgehead atoms. The van der Waals surface area contributed by atoms with Crippen molar-refractivity contribution in [1.29, 1.82) is 0 Å². The summed E-state index contributed by atoms with van der Waals surface area (Å²) in [7, 11) is 3.27. The maximum absolute atomic E-state index is 11.4. The van der Waals surface area contributed by atoms with E-state index < -0.39 is 11.9 Å². The van der Waals surface area contributed by atoms with Gasteiger partial charge in [0.05, 0.1) is 20.1 Å². The van der Waals surface area contributed by atoms with E-state index in [9.17, 15) is 9.90 Å². The van der Waals surface area contributed by atoms with Crippen LogP contribution in [-0.2, 0) is 4.79 Å². The second kappa shape index (κ2) is 9.49. The quantitative estimate of drug-likeness (QED) is 0.310. The number of carboxylic acids is 1. The summed E-state index contributed by atoms with van der Waals surface area (Å²) in [6.07, 6.45) is 1.41. The Morgan fingerprint density at radius 3 is 2.24 bits per heavy atom. The Balaban J connectivity index is 1.81. The molecule has 1 unspecified atom stereocenters. The van der Waals surface area contributed by atoms with E-state index in [1.165, 1.54) is 6.08 Å². The first-order valence-electron chi connectivity index (χ1n) is 10.4. The van der Waals surface area contributed by atoms with Crippen LogP contribution in [0.25, 0.3) is 21.9 Å². The normalized spacial score (nSPS) is 11.6. The smallest absolute Gasteiger partial charge is 0.314 e. The van der Waals surface area contributed by atoms with Gasteiger partial charge in [0.15, 0.2) is 0 Å². The summed E-state index contributed by atoms with van der Waals surface area (Å²) >= 11 is 0. The molecule has 0 radical (unpaired) electrons. The van der Waals surface area contributed by atoms with Crippen molar-refractivity contribution in [3.63, 3.8) is 0 Å². The summed E-state index contributed by atoms with van der Waals surface area (Å²) in [5.74, 6) is 1.09. The Kier molecular flexibility index (Phi) is 6.31. The molecule has 0 fully saturated rings. The third-order valence-corrected chi connectivity index (χ3v) is 5.52. The van der Waals surface area contributed by atoms with Crippen LogP contribution in [0.5, 0.6) is 23.0 Å². The lowest BCUT2D eigenvalue weighted by molar-refractivity contribution is -0.137. The Morgan fingerprint density at radius 1 is 0.879 bits per heavy atom. The topological polar surface area (TPSA) is 65.0 Å². The highest BCUT2D eigenvalue weighted by Gasteiger charge is 2.17. The third kappa shape index (κ3) is 4.53. The molecule has 0 aliphatic carbocycles. The van der Waals surface area contributed by atoms with Gasteiger partial charge in [0.25, 0.3) is 0 Å². The first-order chi connectivity index (χ1) is 16.0. The minimum Gasteiger partial charge on any atom is -0.497 e. The summed E-state index contributed by atoms with van der Waals surface area (Å²) < 4.78 is 17.2. The number of hydrogen-bond donors (Lipinski definition) is 1. The highest BCUT2D eigenvalue weighted by Crippen LogP contribution is 2.41. The van der Waals surface area contributed by atoms with E-state index in [4.69, 9.17) is 14.2 Å². The number of rotatable bonds is 8. The molecule has 1 atom stereocenters. The number of carboxylic acid groups (broad SMARTS) is 1. The molecule has 0 aliphatic heterocycles. The van der Waals surface area contributed by atoms with Crippen LogP contribution in [0.15, 0.2) is 91.5 Å². The molecule has 0 heterocycles. The average molecular weight is 440 g/mol. The van der Waals surface area contributed by atoms with Crippen molar-refractivity contribution >= 4 is 16.7 Å². The third-order valence-electron chi connectivity index (χ3n) is 5.52. The highest BCUT2D eigenvalue weighted by atomic mass is 16.5. The van der Waals surface area contributed by atoms with Gasteiger partial charge in [-0.1, -0.05) is 36.4 Å². The number of carbonyl (C=O) groups is 1. The summed E-state index contributed by atoms with van der Waals surface area (Å²) in [4.78, 5) is 11.4. The second-order valence-electron chi connectivity index (χ2n) is 7.48. The van der Waals surface area contributed by atoms with Crippen molar-refractivity contribution in [2.45, 2.75) is 5.92 Å². The van der Waals surface area contributed by atoms with E-state index in [0.717, 1.165) is 33.4 Å². The van der Waals surface area contributed by atoms with Gasteiger partial charge in [0.2, 0.25) is 0 Å². The SMILES string of the molecule is C=CC(C(=O)O)c1ccc(Oc2c(-c3cccc(OC)c3)ccc3cc(OC)ccc23)cc1. The fourth-order valence-electron chi connectivity index (χ4n) is 3.77. The number of aliphatic carboxylic acids is 1. The molecule has 166 valence electrons. The van der Waals surface area contributed by atoms with E-state index >= 15 is 0 Å². The predicted molar refractivity (Wildman–Crippen MR) is 130 cm³/mol. The molecular formula is C28H24O5. The number of ether oxygens (including phenoxy) is 3. The van der Waals surface area contributed by atoms with Gasteiger partial charge < -0.3 is 19.3 Å². The molecule has 4 aromatic carbocycles. The van der Waals surface area contributed by atoms with Crippen molar-refractivity contribution < 1.29 is 24.1 Å². The van der Waals surface area contributed by atoms with Crippen molar-refractivity contribution in [2.24, 2.45) is 0 Å². The van der Waals surface area contributed by atoms with Crippen LogP contribution in [-0.4, -0.2) is 25.3 Å². The monoisotopic (exact) mass is 440 g/mol. The number of benzene rings is 4. The zero-order chi connectivity index (χ0) is 23.4. The maximum atomic E-state index is 11.4. The first-order valence-corrected chi connectivity index (χ1v) is 10.4. The summed E-state index contributed by atoms with van der Waals surface area (Å²) in [5, 5.41) is 11.3. The molecule has 0 spiro atoms. The van der Waals surface area contributed by atoms with Crippen LogP contribution >= 0.6 is 0 Å². The van der Waals surface area contributed by atoms with Gasteiger partial charge in [-0.25, -0.2) is 0 Å². The second-order valence-corrected chi connectivity index (χ2v) is 7.48. The molecule has 0 amide bonds. The predicted octanol–water partition coefficient (Wildman–Crippen LogP) is 6.67. The van der Waals surface area contributed by atoms with Crippen LogP contribution < -0.4 is 14.2 Å². The molecule has 0 aromatic heterocycles. The molecule has 0 aliphatic rings. The molecule has 4 rings (SSSR count). The van der Waals surface area contributed by atoms with Crippen molar-refractivity contribution in [3.8, 4) is 34.1 Å². The maximum Gasteiger partial charge on any atom is 0.314 e. The van der Waals surface area contributed by atoms with Crippen LogP contribution in [0, 0.1) is 0 Å².